The van der Waals surface area contributed by atoms with Gasteiger partial charge in [-0.2, -0.15) is 0 Å². The second-order valence-electron chi connectivity index (χ2n) is 9.21. The van der Waals surface area contributed by atoms with Gasteiger partial charge in [0, 0.05) is 16.0 Å². The molecule has 1 saturated carbocycles. The molecule has 0 spiro atoms. The molecule has 1 heteroatoms. The van der Waals surface area contributed by atoms with Gasteiger partial charge >= 0.3 is 0 Å². The zero-order valence-corrected chi connectivity index (χ0v) is 19.4. The van der Waals surface area contributed by atoms with Crippen LogP contribution in [0.2, 0.25) is 0 Å². The third-order valence-corrected chi connectivity index (χ3v) is 7.94. The molecule has 3 aromatic rings. The van der Waals surface area contributed by atoms with Gasteiger partial charge in [0.2, 0.25) is 0 Å². The number of hydrogen-bond acceptors (Lipinski definition) is 1. The van der Waals surface area contributed by atoms with Crippen LogP contribution >= 0.6 is 11.3 Å². The van der Waals surface area contributed by atoms with Crippen molar-refractivity contribution in [3.05, 3.63) is 69.6 Å². The highest BCUT2D eigenvalue weighted by Gasteiger charge is 2.27. The molecule has 1 aromatic heterocycles. The van der Waals surface area contributed by atoms with E-state index in [0.29, 0.717) is 0 Å². The maximum absolute atomic E-state index is 2.60. The minimum absolute atomic E-state index is 0.774. The molecule has 1 heterocycles. The van der Waals surface area contributed by atoms with Gasteiger partial charge in [-0.1, -0.05) is 58.0 Å². The van der Waals surface area contributed by atoms with E-state index in [1.165, 1.54) is 53.5 Å². The van der Waals surface area contributed by atoms with Gasteiger partial charge in [0.15, 0.2) is 0 Å². The molecule has 0 radical (unpaired) electrons. The summed E-state index contributed by atoms with van der Waals surface area (Å²) >= 11 is 1.98. The van der Waals surface area contributed by atoms with Gasteiger partial charge in [-0.15, -0.1) is 11.3 Å². The number of fused-ring (bicyclic) bond motifs is 2. The van der Waals surface area contributed by atoms with Crippen molar-refractivity contribution in [1.82, 2.24) is 0 Å². The fourth-order valence-electron chi connectivity index (χ4n) is 5.75. The topological polar surface area (TPSA) is 0 Å². The molecule has 0 saturated heterocycles. The summed E-state index contributed by atoms with van der Waals surface area (Å²) in [6.07, 6.45) is 9.21. The van der Waals surface area contributed by atoms with Crippen molar-refractivity contribution in [2.45, 2.75) is 78.6 Å². The maximum Gasteiger partial charge on any atom is 0.0345 e. The average Bonchev–Trinajstić information content (AvgIpc) is 3.35. The zero-order chi connectivity index (χ0) is 20.4. The van der Waals surface area contributed by atoms with Crippen molar-refractivity contribution in [2.75, 3.05) is 0 Å². The van der Waals surface area contributed by atoms with Crippen LogP contribution in [0.4, 0.5) is 0 Å². The lowest BCUT2D eigenvalue weighted by Gasteiger charge is -2.32. The molecule has 2 aliphatic carbocycles. The van der Waals surface area contributed by atoms with Crippen LogP contribution in [0.3, 0.4) is 0 Å². The third kappa shape index (κ3) is 4.45. The molecule has 0 nitrogen and oxygen atoms in total. The van der Waals surface area contributed by atoms with E-state index in [9.17, 15) is 0 Å². The summed E-state index contributed by atoms with van der Waals surface area (Å²) in [7, 11) is 0. The van der Waals surface area contributed by atoms with Gasteiger partial charge < -0.3 is 0 Å². The highest BCUT2D eigenvalue weighted by Crippen LogP contribution is 2.41. The SMILES string of the molecule is CC.CC1CC(C)CC(c2cc3c(c(Cc4cc5ccccc5s4)c2)CCC3)C1. The molecule has 5 rings (SSSR count). The van der Waals surface area contributed by atoms with Gasteiger partial charge in [-0.3, -0.25) is 0 Å². The van der Waals surface area contributed by atoms with E-state index in [2.05, 4.69) is 56.3 Å². The fraction of sp³-hybridized carbons (Fsp3) is 0.500. The molecule has 2 atom stereocenters. The summed E-state index contributed by atoms with van der Waals surface area (Å²) in [4.78, 5) is 1.52. The van der Waals surface area contributed by atoms with E-state index in [4.69, 9.17) is 0 Å². The van der Waals surface area contributed by atoms with E-state index in [-0.39, 0.29) is 0 Å². The zero-order valence-electron chi connectivity index (χ0n) is 18.6. The molecule has 1 fully saturated rings. The van der Waals surface area contributed by atoms with Crippen molar-refractivity contribution in [1.29, 1.82) is 0 Å². The Morgan fingerprint density at radius 3 is 2.41 bits per heavy atom. The van der Waals surface area contributed by atoms with Gasteiger partial charge in [-0.05, 0) is 96.1 Å². The Kier molecular flexibility index (Phi) is 6.44. The van der Waals surface area contributed by atoms with Crippen LogP contribution in [-0.4, -0.2) is 0 Å². The molecule has 29 heavy (non-hydrogen) atoms. The molecule has 0 aliphatic heterocycles. The van der Waals surface area contributed by atoms with Crippen LogP contribution in [0.5, 0.6) is 0 Å². The number of aryl methyl sites for hydroxylation is 1. The van der Waals surface area contributed by atoms with Crippen molar-refractivity contribution >= 4 is 21.4 Å². The van der Waals surface area contributed by atoms with Gasteiger partial charge in [0.05, 0.1) is 0 Å². The highest BCUT2D eigenvalue weighted by atomic mass is 32.1. The number of thiophene rings is 1. The van der Waals surface area contributed by atoms with Crippen molar-refractivity contribution < 1.29 is 0 Å². The maximum atomic E-state index is 2.60. The quantitative estimate of drug-likeness (QED) is 0.410. The van der Waals surface area contributed by atoms with Crippen LogP contribution in [0.15, 0.2) is 42.5 Å². The third-order valence-electron chi connectivity index (χ3n) is 6.82. The Morgan fingerprint density at radius 2 is 1.66 bits per heavy atom. The average molecular weight is 405 g/mol. The van der Waals surface area contributed by atoms with E-state index >= 15 is 0 Å². The van der Waals surface area contributed by atoms with Gasteiger partial charge in [0.1, 0.15) is 0 Å². The van der Waals surface area contributed by atoms with Crippen LogP contribution in [0, 0.1) is 11.8 Å². The summed E-state index contributed by atoms with van der Waals surface area (Å²) in [6, 6.07) is 16.4. The largest absolute Gasteiger partial charge is 0.140 e. The molecule has 0 amide bonds. The number of rotatable bonds is 3. The van der Waals surface area contributed by atoms with Crippen molar-refractivity contribution in [3.8, 4) is 0 Å². The molecule has 2 aliphatic rings. The first kappa shape index (κ1) is 20.7. The molecule has 154 valence electrons. The van der Waals surface area contributed by atoms with Gasteiger partial charge in [0.25, 0.3) is 0 Å². The van der Waals surface area contributed by atoms with Gasteiger partial charge in [-0.25, -0.2) is 0 Å². The summed E-state index contributed by atoms with van der Waals surface area (Å²) in [5.41, 5.74) is 6.60. The first-order valence-electron chi connectivity index (χ1n) is 11.8. The number of benzene rings is 2. The lowest BCUT2D eigenvalue weighted by Crippen LogP contribution is -2.18. The van der Waals surface area contributed by atoms with Crippen LogP contribution in [0.25, 0.3) is 10.1 Å². The lowest BCUT2D eigenvalue weighted by atomic mass is 9.73. The summed E-state index contributed by atoms with van der Waals surface area (Å²) < 4.78 is 1.43. The summed E-state index contributed by atoms with van der Waals surface area (Å²) in [5, 5.41) is 1.40. The molecule has 2 aromatic carbocycles. The predicted molar refractivity (Wildman–Crippen MR) is 129 cm³/mol. The van der Waals surface area contributed by atoms with Crippen molar-refractivity contribution in [3.63, 3.8) is 0 Å². The standard InChI is InChI=1S/C26H30S.C2H6/c1-17-10-18(2)12-21(11-17)22-13-19-7-5-8-25(19)23(14-22)16-24-15-20-6-3-4-9-26(20)27-24;1-2/h3-4,6,9,13-15,17-18,21H,5,7-8,10-12,16H2,1-2H3;1-2H3. The molecule has 0 N–H and O–H groups in total. The Hall–Kier alpha value is -1.60. The highest BCUT2D eigenvalue weighted by molar-refractivity contribution is 7.19. The lowest BCUT2D eigenvalue weighted by molar-refractivity contribution is 0.268. The summed E-state index contributed by atoms with van der Waals surface area (Å²) in [6.45, 7) is 8.91. The minimum atomic E-state index is 0.774. The predicted octanol–water partition coefficient (Wildman–Crippen LogP) is 8.55. The van der Waals surface area contributed by atoms with E-state index < -0.39 is 0 Å². The molecular weight excluding hydrogens is 368 g/mol. The van der Waals surface area contributed by atoms with Crippen LogP contribution in [-0.2, 0) is 19.3 Å². The second-order valence-corrected chi connectivity index (χ2v) is 10.4. The Balaban J connectivity index is 0.000000994. The van der Waals surface area contributed by atoms with E-state index in [1.807, 2.05) is 25.2 Å². The Bertz CT molecular complexity index is 921. The molecular formula is C28H36S. The first-order chi connectivity index (χ1) is 14.2. The van der Waals surface area contributed by atoms with E-state index in [1.54, 1.807) is 22.3 Å². The molecule has 0 bridgehead atoms. The summed E-state index contributed by atoms with van der Waals surface area (Å²) in [5.74, 6) is 2.52. The Morgan fingerprint density at radius 1 is 0.897 bits per heavy atom. The smallest absolute Gasteiger partial charge is 0.0345 e. The second kappa shape index (κ2) is 9.04. The minimum Gasteiger partial charge on any atom is -0.140 e. The molecule has 2 unspecified atom stereocenters. The van der Waals surface area contributed by atoms with Crippen LogP contribution in [0.1, 0.15) is 86.4 Å². The van der Waals surface area contributed by atoms with Crippen LogP contribution < -0.4 is 0 Å². The monoisotopic (exact) mass is 404 g/mol. The normalized spacial score (nSPS) is 23.5. The van der Waals surface area contributed by atoms with E-state index in [0.717, 1.165) is 24.2 Å². The Labute approximate surface area is 181 Å². The van der Waals surface area contributed by atoms with Crippen molar-refractivity contribution in [2.24, 2.45) is 11.8 Å². The first-order valence-corrected chi connectivity index (χ1v) is 12.6. The number of hydrogen-bond donors (Lipinski definition) is 0. The fourth-order valence-corrected chi connectivity index (χ4v) is 6.84.